The predicted molar refractivity (Wildman–Crippen MR) is 65.7 cm³/mol. The van der Waals surface area contributed by atoms with Crippen LogP contribution in [0.5, 0.6) is 0 Å². The monoisotopic (exact) mass is 255 g/mol. The molecule has 2 atom stereocenters. The number of carbonyl (C=O) groups excluding carboxylic acids is 1. The van der Waals surface area contributed by atoms with E-state index in [1.54, 1.807) is 0 Å². The summed E-state index contributed by atoms with van der Waals surface area (Å²) in [6, 6.07) is 2.28. The minimum Gasteiger partial charge on any atom is -0.469 e. The molecule has 1 fully saturated rings. The molecular weight excluding hydrogens is 234 g/mol. The summed E-state index contributed by atoms with van der Waals surface area (Å²) in [5.41, 5.74) is 0. The van der Waals surface area contributed by atoms with E-state index in [9.17, 15) is 4.79 Å². The van der Waals surface area contributed by atoms with Crippen LogP contribution in [0.15, 0.2) is 0 Å². The summed E-state index contributed by atoms with van der Waals surface area (Å²) in [6.07, 6.45) is 1.41. The zero-order valence-electron chi connectivity index (χ0n) is 10.8. The summed E-state index contributed by atoms with van der Waals surface area (Å²) in [7, 11) is 1.39. The van der Waals surface area contributed by atoms with E-state index in [0.29, 0.717) is 19.5 Å². The fourth-order valence-corrected chi connectivity index (χ4v) is 2.29. The molecule has 1 aliphatic rings. The third kappa shape index (κ3) is 4.61. The number of piperidine rings is 1. The van der Waals surface area contributed by atoms with Crippen molar-refractivity contribution in [2.75, 3.05) is 39.9 Å². The number of methoxy groups -OCH3 is 1. The molecule has 0 spiro atoms. The fourth-order valence-electron chi connectivity index (χ4n) is 2.29. The molecule has 0 amide bonds. The molecule has 1 aliphatic heterocycles. The highest BCUT2D eigenvalue weighted by Crippen LogP contribution is 2.18. The minimum absolute atomic E-state index is 0.155. The van der Waals surface area contributed by atoms with Crippen LogP contribution in [0.2, 0.25) is 0 Å². The lowest BCUT2D eigenvalue weighted by Crippen LogP contribution is -2.51. The Labute approximate surface area is 108 Å². The Morgan fingerprint density at radius 3 is 3.00 bits per heavy atom. The topological polar surface area (TPSA) is 85.6 Å². The highest BCUT2D eigenvalue weighted by atomic mass is 16.5. The van der Waals surface area contributed by atoms with Crippen LogP contribution in [0.1, 0.15) is 12.8 Å². The van der Waals surface area contributed by atoms with Crippen LogP contribution in [-0.2, 0) is 9.53 Å². The van der Waals surface area contributed by atoms with Gasteiger partial charge in [-0.25, -0.2) is 0 Å². The summed E-state index contributed by atoms with van der Waals surface area (Å²) in [5.74, 6) is -0.393. The van der Waals surface area contributed by atoms with Gasteiger partial charge in [0.15, 0.2) is 0 Å². The number of ether oxygens (including phenoxy) is 1. The normalized spacial score (nSPS) is 24.5. The van der Waals surface area contributed by atoms with Gasteiger partial charge in [-0.05, 0) is 19.4 Å². The molecule has 6 nitrogen and oxygen atoms in total. The molecule has 2 unspecified atom stereocenters. The van der Waals surface area contributed by atoms with Gasteiger partial charge < -0.3 is 15.2 Å². The van der Waals surface area contributed by atoms with Crippen molar-refractivity contribution in [1.82, 2.24) is 10.2 Å². The Morgan fingerprint density at radius 1 is 1.61 bits per heavy atom. The van der Waals surface area contributed by atoms with Gasteiger partial charge in [-0.2, -0.15) is 5.26 Å². The second kappa shape index (κ2) is 8.03. The fraction of sp³-hybridized carbons (Fsp3) is 0.833. The van der Waals surface area contributed by atoms with E-state index in [2.05, 4.69) is 11.4 Å². The number of esters is 1. The average Bonchev–Trinajstić information content (AvgIpc) is 2.38. The molecular formula is C12H21N3O3. The number of likely N-dealkylation sites (tertiary alicyclic amines) is 1. The molecule has 1 rings (SSSR count). The minimum atomic E-state index is -0.216. The first-order valence-corrected chi connectivity index (χ1v) is 6.22. The molecule has 0 radical (unpaired) electrons. The summed E-state index contributed by atoms with van der Waals surface area (Å²) >= 11 is 0. The smallest absolute Gasteiger partial charge is 0.310 e. The van der Waals surface area contributed by atoms with Gasteiger partial charge in [-0.15, -0.1) is 0 Å². The Hall–Kier alpha value is -1.16. The highest BCUT2D eigenvalue weighted by Gasteiger charge is 2.31. The quantitative estimate of drug-likeness (QED) is 0.372. The van der Waals surface area contributed by atoms with Gasteiger partial charge in [-0.1, -0.05) is 0 Å². The molecule has 0 bridgehead atoms. The molecule has 0 saturated carbocycles. The van der Waals surface area contributed by atoms with E-state index in [1.807, 2.05) is 4.90 Å². The van der Waals surface area contributed by atoms with Crippen molar-refractivity contribution < 1.29 is 14.6 Å². The van der Waals surface area contributed by atoms with Gasteiger partial charge in [-0.3, -0.25) is 9.69 Å². The van der Waals surface area contributed by atoms with E-state index in [4.69, 9.17) is 15.1 Å². The molecule has 0 aromatic rings. The number of hydrogen-bond donors (Lipinski definition) is 2. The van der Waals surface area contributed by atoms with Gasteiger partial charge >= 0.3 is 5.97 Å². The molecule has 2 N–H and O–H groups in total. The van der Waals surface area contributed by atoms with Crippen LogP contribution in [0.25, 0.3) is 0 Å². The third-order valence-electron chi connectivity index (χ3n) is 3.12. The van der Waals surface area contributed by atoms with E-state index in [1.165, 1.54) is 7.11 Å². The second-order valence-corrected chi connectivity index (χ2v) is 4.54. The van der Waals surface area contributed by atoms with E-state index >= 15 is 0 Å². The number of nitriles is 1. The number of aliphatic hydroxyl groups excluding tert-OH is 1. The van der Waals surface area contributed by atoms with Crippen molar-refractivity contribution in [3.8, 4) is 6.07 Å². The average molecular weight is 255 g/mol. The van der Waals surface area contributed by atoms with Crippen molar-refractivity contribution >= 4 is 5.97 Å². The first kappa shape index (κ1) is 14.9. The van der Waals surface area contributed by atoms with Crippen molar-refractivity contribution in [2.45, 2.75) is 18.9 Å². The van der Waals surface area contributed by atoms with Crippen LogP contribution in [-0.4, -0.2) is 61.9 Å². The standard InChI is InChI=1S/C12H21N3O3/c1-18-12(17)10-7-11(14-4-2-6-16)9-15(8-10)5-3-13/h10-11,14,16H,2,4-9H2,1H3. The third-order valence-corrected chi connectivity index (χ3v) is 3.12. The molecule has 18 heavy (non-hydrogen) atoms. The number of nitrogens with zero attached hydrogens (tertiary/aromatic N) is 2. The van der Waals surface area contributed by atoms with Crippen molar-refractivity contribution in [3.63, 3.8) is 0 Å². The lowest BCUT2D eigenvalue weighted by Gasteiger charge is -2.35. The number of carbonyl (C=O) groups is 1. The first-order valence-electron chi connectivity index (χ1n) is 6.22. The first-order chi connectivity index (χ1) is 8.71. The van der Waals surface area contributed by atoms with Crippen molar-refractivity contribution in [3.05, 3.63) is 0 Å². The van der Waals surface area contributed by atoms with Gasteiger partial charge in [0.05, 0.1) is 25.6 Å². The van der Waals surface area contributed by atoms with Crippen LogP contribution in [0, 0.1) is 17.2 Å². The van der Waals surface area contributed by atoms with Crippen LogP contribution >= 0.6 is 0 Å². The van der Waals surface area contributed by atoms with Crippen molar-refractivity contribution in [2.24, 2.45) is 5.92 Å². The Bertz CT molecular complexity index is 303. The maximum absolute atomic E-state index is 11.6. The van der Waals surface area contributed by atoms with Gasteiger partial charge in [0, 0.05) is 25.7 Å². The van der Waals surface area contributed by atoms with Crippen LogP contribution in [0.4, 0.5) is 0 Å². The van der Waals surface area contributed by atoms with Gasteiger partial charge in [0.25, 0.3) is 0 Å². The molecule has 0 aromatic heterocycles. The van der Waals surface area contributed by atoms with E-state index in [0.717, 1.165) is 19.5 Å². The summed E-state index contributed by atoms with van der Waals surface area (Å²) < 4.78 is 4.77. The summed E-state index contributed by atoms with van der Waals surface area (Å²) in [5, 5.41) is 20.8. The molecule has 1 heterocycles. The summed E-state index contributed by atoms with van der Waals surface area (Å²) in [6.45, 7) is 2.54. The Balaban J connectivity index is 2.51. The highest BCUT2D eigenvalue weighted by molar-refractivity contribution is 5.72. The molecule has 102 valence electrons. The SMILES string of the molecule is COC(=O)C1CC(NCCCO)CN(CC#N)C1. The molecule has 1 saturated heterocycles. The largest absolute Gasteiger partial charge is 0.469 e. The maximum Gasteiger partial charge on any atom is 0.310 e. The number of hydrogen-bond acceptors (Lipinski definition) is 6. The lowest BCUT2D eigenvalue weighted by molar-refractivity contribution is -0.147. The van der Waals surface area contributed by atoms with E-state index in [-0.39, 0.29) is 24.5 Å². The molecule has 0 aliphatic carbocycles. The Morgan fingerprint density at radius 2 is 2.39 bits per heavy atom. The van der Waals surface area contributed by atoms with Crippen molar-refractivity contribution in [1.29, 1.82) is 5.26 Å². The number of aliphatic hydroxyl groups is 1. The lowest BCUT2D eigenvalue weighted by atomic mass is 9.94. The number of nitrogens with one attached hydrogen (secondary N) is 1. The summed E-state index contributed by atoms with van der Waals surface area (Å²) in [4.78, 5) is 13.6. The maximum atomic E-state index is 11.6. The molecule has 0 aromatic carbocycles. The van der Waals surface area contributed by atoms with Gasteiger partial charge in [0.1, 0.15) is 0 Å². The van der Waals surface area contributed by atoms with Gasteiger partial charge in [0.2, 0.25) is 0 Å². The zero-order valence-corrected chi connectivity index (χ0v) is 10.8. The van der Waals surface area contributed by atoms with Crippen LogP contribution < -0.4 is 5.32 Å². The zero-order chi connectivity index (χ0) is 13.4. The number of rotatable bonds is 6. The van der Waals surface area contributed by atoms with E-state index < -0.39 is 0 Å². The Kier molecular flexibility index (Phi) is 6.65. The molecule has 6 heteroatoms. The second-order valence-electron chi connectivity index (χ2n) is 4.54. The predicted octanol–water partition coefficient (Wildman–Crippen LogP) is -0.655. The van der Waals surface area contributed by atoms with Crippen LogP contribution in [0.3, 0.4) is 0 Å².